The van der Waals surface area contributed by atoms with Crippen molar-refractivity contribution in [3.05, 3.63) is 199 Å². The lowest BCUT2D eigenvalue weighted by atomic mass is 9.78. The Hall–Kier alpha value is -6.22. The molecule has 0 N–H and O–H groups in total. The van der Waals surface area contributed by atoms with Gasteiger partial charge in [0.2, 0.25) is 0 Å². The predicted molar refractivity (Wildman–Crippen MR) is 228 cm³/mol. The number of thiophene rings is 1. The minimum absolute atomic E-state index is 0.137. The number of rotatable bonds is 6. The molecule has 0 radical (unpaired) electrons. The van der Waals surface area contributed by atoms with Crippen LogP contribution in [0.15, 0.2) is 188 Å². The fourth-order valence-corrected chi connectivity index (χ4v) is 9.72. The van der Waals surface area contributed by atoms with Gasteiger partial charge < -0.3 is 4.90 Å². The topological polar surface area (TPSA) is 3.24 Å². The summed E-state index contributed by atoms with van der Waals surface area (Å²) in [5, 5.41) is 2.65. The molecule has 0 amide bonds. The summed E-state index contributed by atoms with van der Waals surface area (Å²) in [7, 11) is 0. The zero-order valence-corrected chi connectivity index (χ0v) is 30.6. The Morgan fingerprint density at radius 3 is 1.81 bits per heavy atom. The average molecular weight is 696 g/mol. The van der Waals surface area contributed by atoms with Gasteiger partial charge in [-0.05, 0) is 104 Å². The van der Waals surface area contributed by atoms with Gasteiger partial charge in [-0.15, -0.1) is 11.3 Å². The first-order chi connectivity index (χ1) is 26.0. The molecule has 1 heterocycles. The Bertz CT molecular complexity index is 2790. The summed E-state index contributed by atoms with van der Waals surface area (Å²) < 4.78 is 2.65. The summed E-state index contributed by atoms with van der Waals surface area (Å²) >= 11 is 1.87. The first-order valence-electron chi connectivity index (χ1n) is 18.3. The molecule has 1 aliphatic rings. The SMILES string of the molecule is CC1(C)c2ccccc2-c2cc(N(c3ccc(-c4cccc5sc6ccccc6c45)cc3)c3cccc(-c4ccccc4)c3)cc(-c3ccccc3)c21. The molecule has 2 heteroatoms. The van der Waals surface area contributed by atoms with Crippen LogP contribution in [0.3, 0.4) is 0 Å². The second-order valence-corrected chi connectivity index (χ2v) is 15.6. The third-order valence-corrected chi connectivity index (χ3v) is 12.2. The average Bonchev–Trinajstić information content (AvgIpc) is 3.71. The van der Waals surface area contributed by atoms with E-state index < -0.39 is 0 Å². The fraction of sp³-hybridized carbons (Fsp3) is 0.0588. The van der Waals surface area contributed by atoms with Gasteiger partial charge in [-0.2, -0.15) is 0 Å². The molecule has 0 fully saturated rings. The molecule has 1 aromatic heterocycles. The Labute approximate surface area is 315 Å². The third-order valence-electron chi connectivity index (χ3n) is 11.0. The molecule has 0 bridgehead atoms. The van der Waals surface area contributed by atoms with Crippen LogP contribution in [0.5, 0.6) is 0 Å². The van der Waals surface area contributed by atoms with Crippen molar-refractivity contribution in [2.75, 3.05) is 4.90 Å². The molecule has 53 heavy (non-hydrogen) atoms. The third kappa shape index (κ3) is 5.21. The maximum Gasteiger partial charge on any atom is 0.0474 e. The quantitative estimate of drug-likeness (QED) is 0.167. The Balaban J connectivity index is 1.19. The first kappa shape index (κ1) is 31.5. The van der Waals surface area contributed by atoms with E-state index >= 15 is 0 Å². The van der Waals surface area contributed by atoms with Crippen molar-refractivity contribution >= 4 is 48.6 Å². The molecule has 9 aromatic rings. The molecule has 1 aliphatic carbocycles. The van der Waals surface area contributed by atoms with E-state index in [4.69, 9.17) is 0 Å². The summed E-state index contributed by atoms with van der Waals surface area (Å²) in [5.41, 5.74) is 16.0. The van der Waals surface area contributed by atoms with Crippen molar-refractivity contribution in [3.63, 3.8) is 0 Å². The maximum absolute atomic E-state index is 2.44. The van der Waals surface area contributed by atoms with Gasteiger partial charge in [0.25, 0.3) is 0 Å². The second kappa shape index (κ2) is 12.5. The lowest BCUT2D eigenvalue weighted by molar-refractivity contribution is 0.662. The van der Waals surface area contributed by atoms with Gasteiger partial charge in [0.1, 0.15) is 0 Å². The summed E-state index contributed by atoms with van der Waals surface area (Å²) in [6, 6.07) is 69.0. The van der Waals surface area contributed by atoms with Gasteiger partial charge >= 0.3 is 0 Å². The summed E-state index contributed by atoms with van der Waals surface area (Å²) in [6.45, 7) is 4.75. The fourth-order valence-electron chi connectivity index (χ4n) is 8.59. The van der Waals surface area contributed by atoms with Crippen molar-refractivity contribution in [3.8, 4) is 44.5 Å². The van der Waals surface area contributed by atoms with Crippen LogP contribution in [-0.4, -0.2) is 0 Å². The minimum atomic E-state index is -0.137. The zero-order valence-electron chi connectivity index (χ0n) is 29.8. The van der Waals surface area contributed by atoms with Crippen LogP contribution < -0.4 is 4.90 Å². The highest BCUT2D eigenvalue weighted by Gasteiger charge is 2.38. The highest BCUT2D eigenvalue weighted by molar-refractivity contribution is 7.25. The Kier molecular flexibility index (Phi) is 7.42. The number of hydrogen-bond acceptors (Lipinski definition) is 2. The van der Waals surface area contributed by atoms with Gasteiger partial charge in [-0.1, -0.05) is 153 Å². The van der Waals surface area contributed by atoms with Crippen LogP contribution in [0.2, 0.25) is 0 Å². The predicted octanol–water partition coefficient (Wildman–Crippen LogP) is 14.8. The van der Waals surface area contributed by atoms with Gasteiger partial charge in [-0.25, -0.2) is 0 Å². The molecule has 8 aromatic carbocycles. The summed E-state index contributed by atoms with van der Waals surface area (Å²) in [4.78, 5) is 2.44. The van der Waals surface area contributed by atoms with Gasteiger partial charge in [0, 0.05) is 42.6 Å². The van der Waals surface area contributed by atoms with Crippen LogP contribution in [0.25, 0.3) is 64.7 Å². The largest absolute Gasteiger partial charge is 0.310 e. The maximum atomic E-state index is 2.44. The van der Waals surface area contributed by atoms with E-state index in [0.29, 0.717) is 0 Å². The Morgan fingerprint density at radius 2 is 1.00 bits per heavy atom. The van der Waals surface area contributed by atoms with E-state index in [9.17, 15) is 0 Å². The van der Waals surface area contributed by atoms with E-state index in [0.717, 1.165) is 17.1 Å². The molecule has 1 nitrogen and oxygen atoms in total. The van der Waals surface area contributed by atoms with Crippen molar-refractivity contribution < 1.29 is 0 Å². The van der Waals surface area contributed by atoms with Crippen molar-refractivity contribution in [1.29, 1.82) is 0 Å². The van der Waals surface area contributed by atoms with E-state index in [1.54, 1.807) is 0 Å². The van der Waals surface area contributed by atoms with E-state index in [2.05, 4.69) is 207 Å². The number of fused-ring (bicyclic) bond motifs is 6. The standard InChI is InChI=1S/C51H37NS/c1-51(2)46-24-11-9-21-42(46)45-33-40(32-44(50(45)51)35-17-7-4-8-18-35)52(39-20-13-19-37(31-39)34-15-5-3-6-16-34)38-29-27-36(28-30-38)41-23-14-26-48-49(41)43-22-10-12-25-47(43)53-48/h3-33H,1-2H3. The number of benzene rings is 8. The molecular weight excluding hydrogens is 659 g/mol. The summed E-state index contributed by atoms with van der Waals surface area (Å²) in [6.07, 6.45) is 0. The van der Waals surface area contributed by atoms with Crippen LogP contribution in [-0.2, 0) is 5.41 Å². The van der Waals surface area contributed by atoms with Crippen LogP contribution in [0, 0.1) is 0 Å². The molecule has 0 aliphatic heterocycles. The van der Waals surface area contributed by atoms with E-state index in [-0.39, 0.29) is 5.41 Å². The van der Waals surface area contributed by atoms with Crippen LogP contribution in [0.1, 0.15) is 25.0 Å². The van der Waals surface area contributed by atoms with Crippen LogP contribution in [0.4, 0.5) is 17.1 Å². The molecule has 0 saturated carbocycles. The normalized spacial score (nSPS) is 12.9. The molecular formula is C51H37NS. The highest BCUT2D eigenvalue weighted by Crippen LogP contribution is 2.54. The van der Waals surface area contributed by atoms with Gasteiger partial charge in [-0.3, -0.25) is 0 Å². The van der Waals surface area contributed by atoms with Crippen molar-refractivity contribution in [2.24, 2.45) is 0 Å². The molecule has 0 saturated heterocycles. The van der Waals surface area contributed by atoms with E-state index in [1.807, 2.05) is 11.3 Å². The minimum Gasteiger partial charge on any atom is -0.310 e. The molecule has 0 spiro atoms. The highest BCUT2D eigenvalue weighted by atomic mass is 32.1. The summed E-state index contributed by atoms with van der Waals surface area (Å²) in [5.74, 6) is 0. The molecule has 0 atom stereocenters. The van der Waals surface area contributed by atoms with Gasteiger partial charge in [0.15, 0.2) is 0 Å². The number of hydrogen-bond donors (Lipinski definition) is 0. The number of anilines is 3. The molecule has 252 valence electrons. The Morgan fingerprint density at radius 1 is 0.396 bits per heavy atom. The lowest BCUT2D eigenvalue weighted by Crippen LogP contribution is -2.17. The van der Waals surface area contributed by atoms with Crippen LogP contribution >= 0.6 is 11.3 Å². The second-order valence-electron chi connectivity index (χ2n) is 14.5. The monoisotopic (exact) mass is 695 g/mol. The van der Waals surface area contributed by atoms with Gasteiger partial charge in [0.05, 0.1) is 0 Å². The molecule has 10 rings (SSSR count). The van der Waals surface area contributed by atoms with Crippen molar-refractivity contribution in [1.82, 2.24) is 0 Å². The first-order valence-corrected chi connectivity index (χ1v) is 19.2. The zero-order chi connectivity index (χ0) is 35.5. The molecule has 0 unspecified atom stereocenters. The van der Waals surface area contributed by atoms with Crippen molar-refractivity contribution in [2.45, 2.75) is 19.3 Å². The van der Waals surface area contributed by atoms with E-state index in [1.165, 1.54) is 75.8 Å². The number of nitrogens with zero attached hydrogens (tertiary/aromatic N) is 1. The smallest absolute Gasteiger partial charge is 0.0474 e. The lowest BCUT2D eigenvalue weighted by Gasteiger charge is -2.30.